The van der Waals surface area contributed by atoms with Crippen LogP contribution in [0.15, 0.2) is 37.2 Å². The molecule has 1 saturated heterocycles. The summed E-state index contributed by atoms with van der Waals surface area (Å²) in [5, 5.41) is 12.4. The Morgan fingerprint density at radius 3 is 2.59 bits per heavy atom. The largest absolute Gasteiger partial charge is 0.394 e. The topological polar surface area (TPSA) is 129 Å². The SMILES string of the molecule is C=CC(=O)N1CC(c2cc(Cl)nc(-c3cc(C(=O)NC)ncn3)c2)N(C(C)=O)CC1CO. The highest BCUT2D eigenvalue weighted by Gasteiger charge is 2.37. The summed E-state index contributed by atoms with van der Waals surface area (Å²) in [5.41, 5.74) is 1.56. The lowest BCUT2D eigenvalue weighted by molar-refractivity contribution is -0.144. The minimum atomic E-state index is -0.547. The summed E-state index contributed by atoms with van der Waals surface area (Å²) in [6.45, 7) is 4.95. The predicted octanol–water partition coefficient (Wildman–Crippen LogP) is 0.830. The Morgan fingerprint density at radius 2 is 1.97 bits per heavy atom. The number of hydrogen-bond donors (Lipinski definition) is 2. The molecule has 3 amide bonds. The minimum absolute atomic E-state index is 0.142. The molecule has 3 rings (SSSR count). The molecule has 0 bridgehead atoms. The first kappa shape index (κ1) is 23.3. The number of pyridine rings is 1. The number of rotatable bonds is 5. The van der Waals surface area contributed by atoms with Crippen molar-refractivity contribution in [2.24, 2.45) is 0 Å². The summed E-state index contributed by atoms with van der Waals surface area (Å²) < 4.78 is 0. The van der Waals surface area contributed by atoms with E-state index in [2.05, 4.69) is 26.8 Å². The normalized spacial score (nSPS) is 18.2. The Hall–Kier alpha value is -3.37. The van der Waals surface area contributed by atoms with Crippen molar-refractivity contribution >= 4 is 29.3 Å². The van der Waals surface area contributed by atoms with Gasteiger partial charge in [-0.15, -0.1) is 0 Å². The quantitative estimate of drug-likeness (QED) is 0.501. The molecule has 0 spiro atoms. The van der Waals surface area contributed by atoms with Crippen LogP contribution in [0.25, 0.3) is 11.4 Å². The summed E-state index contributed by atoms with van der Waals surface area (Å²) in [5.74, 6) is -0.930. The second kappa shape index (κ2) is 9.84. The number of aliphatic hydroxyl groups excluding tert-OH is 1. The van der Waals surface area contributed by atoms with Crippen molar-refractivity contribution in [2.45, 2.75) is 19.0 Å². The molecule has 2 N–H and O–H groups in total. The van der Waals surface area contributed by atoms with Gasteiger partial charge in [-0.1, -0.05) is 18.2 Å². The van der Waals surface area contributed by atoms with E-state index in [1.807, 2.05) is 0 Å². The number of aliphatic hydroxyl groups is 1. The predicted molar refractivity (Wildman–Crippen MR) is 117 cm³/mol. The lowest BCUT2D eigenvalue weighted by atomic mass is 9.98. The van der Waals surface area contributed by atoms with Crippen molar-refractivity contribution in [1.82, 2.24) is 30.1 Å². The molecule has 1 aliphatic heterocycles. The Kier molecular flexibility index (Phi) is 7.16. The zero-order valence-corrected chi connectivity index (χ0v) is 18.4. The maximum atomic E-state index is 12.4. The van der Waals surface area contributed by atoms with Crippen LogP contribution >= 0.6 is 11.6 Å². The van der Waals surface area contributed by atoms with Crippen molar-refractivity contribution in [2.75, 3.05) is 26.7 Å². The summed E-state index contributed by atoms with van der Waals surface area (Å²) in [7, 11) is 1.50. The second-order valence-corrected chi connectivity index (χ2v) is 7.58. The fourth-order valence-corrected chi connectivity index (χ4v) is 3.87. The molecule has 1 aliphatic rings. The molecule has 0 saturated carbocycles. The number of nitrogens with one attached hydrogen (secondary N) is 1. The van der Waals surface area contributed by atoms with Crippen LogP contribution in [-0.4, -0.2) is 80.4 Å². The minimum Gasteiger partial charge on any atom is -0.394 e. The van der Waals surface area contributed by atoms with E-state index >= 15 is 0 Å². The average Bonchev–Trinajstić information content (AvgIpc) is 2.81. The Labute approximate surface area is 189 Å². The van der Waals surface area contributed by atoms with E-state index in [0.717, 1.165) is 0 Å². The molecule has 0 aromatic carbocycles. The van der Waals surface area contributed by atoms with Crippen LogP contribution < -0.4 is 5.32 Å². The Morgan fingerprint density at radius 1 is 1.22 bits per heavy atom. The molecular weight excluding hydrogens is 436 g/mol. The average molecular weight is 459 g/mol. The van der Waals surface area contributed by atoms with Crippen LogP contribution in [0.5, 0.6) is 0 Å². The third-order valence-electron chi connectivity index (χ3n) is 5.26. The van der Waals surface area contributed by atoms with E-state index < -0.39 is 12.1 Å². The Bertz CT molecular complexity index is 1060. The highest BCUT2D eigenvalue weighted by atomic mass is 35.5. The van der Waals surface area contributed by atoms with Crippen molar-refractivity contribution in [3.63, 3.8) is 0 Å². The summed E-state index contributed by atoms with van der Waals surface area (Å²) >= 11 is 6.28. The molecule has 168 valence electrons. The highest BCUT2D eigenvalue weighted by Crippen LogP contribution is 2.32. The summed E-state index contributed by atoms with van der Waals surface area (Å²) in [4.78, 5) is 52.2. The van der Waals surface area contributed by atoms with Gasteiger partial charge in [0.05, 0.1) is 30.1 Å². The number of amides is 3. The molecule has 0 aliphatic carbocycles. The van der Waals surface area contributed by atoms with Gasteiger partial charge in [0.1, 0.15) is 17.2 Å². The molecule has 2 atom stereocenters. The first-order valence-electron chi connectivity index (χ1n) is 9.82. The van der Waals surface area contributed by atoms with E-state index in [9.17, 15) is 19.5 Å². The second-order valence-electron chi connectivity index (χ2n) is 7.19. The monoisotopic (exact) mass is 458 g/mol. The number of aromatic nitrogens is 3. The van der Waals surface area contributed by atoms with Gasteiger partial charge in [0.15, 0.2) is 0 Å². The van der Waals surface area contributed by atoms with Crippen molar-refractivity contribution in [1.29, 1.82) is 0 Å². The smallest absolute Gasteiger partial charge is 0.269 e. The Balaban J connectivity index is 2.05. The van der Waals surface area contributed by atoms with Gasteiger partial charge in [0, 0.05) is 27.1 Å². The molecule has 2 unspecified atom stereocenters. The zero-order chi connectivity index (χ0) is 23.4. The van der Waals surface area contributed by atoms with Crippen LogP contribution in [0.4, 0.5) is 0 Å². The van der Waals surface area contributed by atoms with E-state index in [1.54, 1.807) is 17.0 Å². The van der Waals surface area contributed by atoms with Gasteiger partial charge in [-0.25, -0.2) is 15.0 Å². The molecule has 3 heterocycles. The van der Waals surface area contributed by atoms with Crippen LogP contribution in [0.3, 0.4) is 0 Å². The zero-order valence-electron chi connectivity index (χ0n) is 17.7. The molecule has 2 aromatic rings. The molecule has 10 nitrogen and oxygen atoms in total. The maximum absolute atomic E-state index is 12.4. The van der Waals surface area contributed by atoms with E-state index in [1.165, 1.54) is 37.3 Å². The van der Waals surface area contributed by atoms with Crippen LogP contribution in [0.1, 0.15) is 29.0 Å². The van der Waals surface area contributed by atoms with E-state index in [0.29, 0.717) is 17.0 Å². The number of hydrogen-bond acceptors (Lipinski definition) is 7. The fraction of sp³-hybridized carbons (Fsp3) is 0.333. The first-order valence-corrected chi connectivity index (χ1v) is 10.2. The summed E-state index contributed by atoms with van der Waals surface area (Å²) in [6, 6.07) is 3.73. The molecule has 1 fully saturated rings. The van der Waals surface area contributed by atoms with Gasteiger partial charge < -0.3 is 20.2 Å². The lowest BCUT2D eigenvalue weighted by Gasteiger charge is -2.45. The first-order chi connectivity index (χ1) is 15.3. The number of halogens is 1. The van der Waals surface area contributed by atoms with Gasteiger partial charge in [0.25, 0.3) is 5.91 Å². The fourth-order valence-electron chi connectivity index (χ4n) is 3.65. The van der Waals surface area contributed by atoms with Crippen LogP contribution in [-0.2, 0) is 9.59 Å². The van der Waals surface area contributed by atoms with Crippen LogP contribution in [0, 0.1) is 0 Å². The third-order valence-corrected chi connectivity index (χ3v) is 5.45. The van der Waals surface area contributed by atoms with Crippen LogP contribution in [0.2, 0.25) is 5.15 Å². The molecule has 2 aromatic heterocycles. The van der Waals surface area contributed by atoms with E-state index in [4.69, 9.17) is 11.6 Å². The number of piperazine rings is 1. The van der Waals surface area contributed by atoms with Gasteiger partial charge in [-0.05, 0) is 29.8 Å². The van der Waals surface area contributed by atoms with Crippen molar-refractivity contribution in [3.8, 4) is 11.4 Å². The van der Waals surface area contributed by atoms with Crippen molar-refractivity contribution < 1.29 is 19.5 Å². The molecular formula is C21H23ClN6O4. The summed E-state index contributed by atoms with van der Waals surface area (Å²) in [6.07, 6.45) is 2.43. The van der Waals surface area contributed by atoms with Gasteiger partial charge in [-0.3, -0.25) is 14.4 Å². The highest BCUT2D eigenvalue weighted by molar-refractivity contribution is 6.29. The molecule has 0 radical (unpaired) electrons. The molecule has 11 heteroatoms. The molecule has 32 heavy (non-hydrogen) atoms. The maximum Gasteiger partial charge on any atom is 0.269 e. The van der Waals surface area contributed by atoms with Crippen molar-refractivity contribution in [3.05, 3.63) is 53.6 Å². The van der Waals surface area contributed by atoms with E-state index in [-0.39, 0.29) is 48.3 Å². The number of carbonyl (C=O) groups is 3. The van der Waals surface area contributed by atoms with Gasteiger partial charge in [0.2, 0.25) is 11.8 Å². The number of carbonyl (C=O) groups excluding carboxylic acids is 3. The van der Waals surface area contributed by atoms with Gasteiger partial charge in [-0.2, -0.15) is 0 Å². The lowest BCUT2D eigenvalue weighted by Crippen LogP contribution is -2.58. The van der Waals surface area contributed by atoms with Gasteiger partial charge >= 0.3 is 0 Å². The standard InChI is InChI=1S/C21H23ClN6O4/c1-4-20(31)28-9-18(27(12(2)30)8-14(28)10-29)13-5-16(26-19(22)6-13)15-7-17(21(32)23-3)25-11-24-15/h4-7,11,14,18,29H,1,8-10H2,2-3H3,(H,23,32). The number of nitrogens with zero attached hydrogens (tertiary/aromatic N) is 5. The third kappa shape index (κ3) is 4.76.